The Morgan fingerprint density at radius 1 is 1.32 bits per heavy atom. The van der Waals surface area contributed by atoms with Gasteiger partial charge in [0.1, 0.15) is 11.3 Å². The number of amides is 1. The molecule has 1 fully saturated rings. The SMILES string of the molecule is O=C(c1cc(F)cc2[nH]cnc12)N1CCCNCC1. The maximum absolute atomic E-state index is 13.6. The summed E-state index contributed by atoms with van der Waals surface area (Å²) in [4.78, 5) is 21.2. The molecule has 1 aliphatic rings. The van der Waals surface area contributed by atoms with Gasteiger partial charge in [-0.1, -0.05) is 0 Å². The zero-order valence-electron chi connectivity index (χ0n) is 10.4. The molecule has 19 heavy (non-hydrogen) atoms. The smallest absolute Gasteiger partial charge is 0.256 e. The standard InChI is InChI=1S/C13H15FN4O/c14-9-6-10(12-11(7-9)16-8-17-12)13(19)18-4-1-2-15-3-5-18/h6-8,15H,1-5H2,(H,16,17). The molecule has 2 heterocycles. The molecule has 3 rings (SSSR count). The molecule has 2 N–H and O–H groups in total. The van der Waals surface area contributed by atoms with Crippen molar-refractivity contribution in [2.45, 2.75) is 6.42 Å². The molecule has 0 atom stereocenters. The van der Waals surface area contributed by atoms with Gasteiger partial charge < -0.3 is 15.2 Å². The molecular formula is C13H15FN4O. The normalized spacial score (nSPS) is 16.6. The average molecular weight is 262 g/mol. The molecule has 2 aromatic rings. The topological polar surface area (TPSA) is 61.0 Å². The van der Waals surface area contributed by atoms with Gasteiger partial charge in [0.25, 0.3) is 5.91 Å². The van der Waals surface area contributed by atoms with Gasteiger partial charge in [0, 0.05) is 19.6 Å². The maximum atomic E-state index is 13.6. The van der Waals surface area contributed by atoms with Crippen LogP contribution in [0.15, 0.2) is 18.5 Å². The van der Waals surface area contributed by atoms with Crippen molar-refractivity contribution in [1.29, 1.82) is 0 Å². The summed E-state index contributed by atoms with van der Waals surface area (Å²) in [6.07, 6.45) is 2.38. The Hall–Kier alpha value is -1.95. The first-order valence-corrected chi connectivity index (χ1v) is 6.38. The van der Waals surface area contributed by atoms with Crippen LogP contribution in [0.5, 0.6) is 0 Å². The maximum Gasteiger partial charge on any atom is 0.256 e. The van der Waals surface area contributed by atoms with Crippen molar-refractivity contribution in [2.24, 2.45) is 0 Å². The van der Waals surface area contributed by atoms with Gasteiger partial charge in [-0.25, -0.2) is 9.37 Å². The number of hydrogen-bond acceptors (Lipinski definition) is 3. The molecule has 1 aliphatic heterocycles. The van der Waals surface area contributed by atoms with Crippen LogP contribution in [-0.2, 0) is 0 Å². The minimum Gasteiger partial charge on any atom is -0.344 e. The first-order valence-electron chi connectivity index (χ1n) is 6.38. The van der Waals surface area contributed by atoms with Gasteiger partial charge in [-0.2, -0.15) is 0 Å². The van der Waals surface area contributed by atoms with Crippen LogP contribution in [0.1, 0.15) is 16.8 Å². The summed E-state index contributed by atoms with van der Waals surface area (Å²) >= 11 is 0. The van der Waals surface area contributed by atoms with Crippen molar-refractivity contribution in [1.82, 2.24) is 20.2 Å². The van der Waals surface area contributed by atoms with Crippen molar-refractivity contribution in [3.8, 4) is 0 Å². The molecule has 100 valence electrons. The number of imidazole rings is 1. The number of halogens is 1. The first-order chi connectivity index (χ1) is 9.25. The molecule has 1 amide bonds. The molecule has 6 heteroatoms. The lowest BCUT2D eigenvalue weighted by Gasteiger charge is -2.20. The Kier molecular flexibility index (Phi) is 3.16. The highest BCUT2D eigenvalue weighted by atomic mass is 19.1. The van der Waals surface area contributed by atoms with Crippen LogP contribution in [-0.4, -0.2) is 47.0 Å². The second kappa shape index (κ2) is 4.97. The minimum absolute atomic E-state index is 0.152. The quantitative estimate of drug-likeness (QED) is 0.810. The van der Waals surface area contributed by atoms with Gasteiger partial charge in [-0.05, 0) is 25.1 Å². The van der Waals surface area contributed by atoms with E-state index in [9.17, 15) is 9.18 Å². The van der Waals surface area contributed by atoms with E-state index < -0.39 is 5.82 Å². The summed E-state index contributed by atoms with van der Waals surface area (Å²) in [6, 6.07) is 2.62. The predicted molar refractivity (Wildman–Crippen MR) is 69.4 cm³/mol. The third-order valence-electron chi connectivity index (χ3n) is 3.35. The van der Waals surface area contributed by atoms with E-state index in [1.807, 2.05) is 0 Å². The van der Waals surface area contributed by atoms with Crippen LogP contribution >= 0.6 is 0 Å². The van der Waals surface area contributed by atoms with Gasteiger partial charge in [0.2, 0.25) is 0 Å². The monoisotopic (exact) mass is 262 g/mol. The number of nitrogens with one attached hydrogen (secondary N) is 2. The van der Waals surface area contributed by atoms with Crippen LogP contribution in [0, 0.1) is 5.82 Å². The molecule has 1 aromatic carbocycles. The van der Waals surface area contributed by atoms with Crippen molar-refractivity contribution in [2.75, 3.05) is 26.2 Å². The Bertz CT molecular complexity index is 602. The van der Waals surface area contributed by atoms with Crippen molar-refractivity contribution in [3.63, 3.8) is 0 Å². The van der Waals surface area contributed by atoms with E-state index in [0.29, 0.717) is 29.7 Å². The molecule has 0 bridgehead atoms. The number of aromatic nitrogens is 2. The molecular weight excluding hydrogens is 247 g/mol. The van der Waals surface area contributed by atoms with E-state index in [1.165, 1.54) is 18.5 Å². The van der Waals surface area contributed by atoms with Gasteiger partial charge in [-0.15, -0.1) is 0 Å². The summed E-state index contributed by atoms with van der Waals surface area (Å²) < 4.78 is 13.6. The first kappa shape index (κ1) is 12.1. The highest BCUT2D eigenvalue weighted by molar-refractivity contribution is 6.04. The number of carbonyl (C=O) groups is 1. The van der Waals surface area contributed by atoms with Crippen LogP contribution in [0.3, 0.4) is 0 Å². The third-order valence-corrected chi connectivity index (χ3v) is 3.35. The van der Waals surface area contributed by atoms with E-state index in [0.717, 1.165) is 19.5 Å². The van der Waals surface area contributed by atoms with Gasteiger partial charge >= 0.3 is 0 Å². The number of carbonyl (C=O) groups excluding carboxylic acids is 1. The van der Waals surface area contributed by atoms with Crippen LogP contribution < -0.4 is 5.32 Å². The number of benzene rings is 1. The molecule has 1 saturated heterocycles. The van der Waals surface area contributed by atoms with E-state index in [1.54, 1.807) is 4.90 Å². The Labute approximate surface area is 109 Å². The highest BCUT2D eigenvalue weighted by Gasteiger charge is 2.21. The summed E-state index contributed by atoms with van der Waals surface area (Å²) in [5.74, 6) is -0.576. The fourth-order valence-electron chi connectivity index (χ4n) is 2.40. The second-order valence-corrected chi connectivity index (χ2v) is 4.65. The molecule has 1 aromatic heterocycles. The lowest BCUT2D eigenvalue weighted by Crippen LogP contribution is -2.34. The molecule has 0 aliphatic carbocycles. The lowest BCUT2D eigenvalue weighted by atomic mass is 10.1. The number of hydrogen-bond donors (Lipinski definition) is 2. The van der Waals surface area contributed by atoms with Gasteiger partial charge in [0.15, 0.2) is 0 Å². The van der Waals surface area contributed by atoms with E-state index in [4.69, 9.17) is 0 Å². The fourth-order valence-corrected chi connectivity index (χ4v) is 2.40. The summed E-state index contributed by atoms with van der Waals surface area (Å²) in [5.41, 5.74) is 1.41. The third kappa shape index (κ3) is 2.31. The zero-order valence-corrected chi connectivity index (χ0v) is 10.4. The Balaban J connectivity index is 1.98. The average Bonchev–Trinajstić information content (AvgIpc) is 2.70. The number of fused-ring (bicyclic) bond motifs is 1. The van der Waals surface area contributed by atoms with Gasteiger partial charge in [-0.3, -0.25) is 4.79 Å². The van der Waals surface area contributed by atoms with Gasteiger partial charge in [0.05, 0.1) is 17.4 Å². The second-order valence-electron chi connectivity index (χ2n) is 4.65. The number of rotatable bonds is 1. The van der Waals surface area contributed by atoms with Crippen molar-refractivity contribution in [3.05, 3.63) is 29.8 Å². The van der Waals surface area contributed by atoms with Crippen LogP contribution in [0.25, 0.3) is 11.0 Å². The molecule has 5 nitrogen and oxygen atoms in total. The molecule has 0 saturated carbocycles. The lowest BCUT2D eigenvalue weighted by molar-refractivity contribution is 0.0767. The predicted octanol–water partition coefficient (Wildman–Crippen LogP) is 1.14. The molecule has 0 radical (unpaired) electrons. The molecule has 0 spiro atoms. The number of H-pyrrole nitrogens is 1. The van der Waals surface area contributed by atoms with Crippen LogP contribution in [0.2, 0.25) is 0 Å². The van der Waals surface area contributed by atoms with Crippen molar-refractivity contribution >= 4 is 16.9 Å². The number of aromatic amines is 1. The Morgan fingerprint density at radius 2 is 2.21 bits per heavy atom. The zero-order chi connectivity index (χ0) is 13.2. The summed E-state index contributed by atoms with van der Waals surface area (Å²) in [5, 5.41) is 3.24. The van der Waals surface area contributed by atoms with E-state index in [-0.39, 0.29) is 5.91 Å². The largest absolute Gasteiger partial charge is 0.344 e. The molecule has 0 unspecified atom stereocenters. The summed E-state index contributed by atoms with van der Waals surface area (Å²) in [6.45, 7) is 3.00. The fraction of sp³-hybridized carbons (Fsp3) is 0.385. The van der Waals surface area contributed by atoms with Crippen molar-refractivity contribution < 1.29 is 9.18 Å². The highest BCUT2D eigenvalue weighted by Crippen LogP contribution is 2.19. The van der Waals surface area contributed by atoms with E-state index in [2.05, 4.69) is 15.3 Å². The van der Waals surface area contributed by atoms with Crippen LogP contribution in [0.4, 0.5) is 4.39 Å². The number of nitrogens with zero attached hydrogens (tertiary/aromatic N) is 2. The summed E-state index contributed by atoms with van der Waals surface area (Å²) in [7, 11) is 0. The Morgan fingerprint density at radius 3 is 3.11 bits per heavy atom. The minimum atomic E-state index is -0.423. The van der Waals surface area contributed by atoms with E-state index >= 15 is 0 Å².